The fraction of sp³-hybridized carbons (Fsp3) is 0.389. The van der Waals surface area contributed by atoms with Gasteiger partial charge in [-0.25, -0.2) is 14.6 Å². The van der Waals surface area contributed by atoms with Gasteiger partial charge in [0.2, 0.25) is 0 Å². The summed E-state index contributed by atoms with van der Waals surface area (Å²) in [6.07, 6.45) is 5.56. The predicted molar refractivity (Wildman–Crippen MR) is 94.6 cm³/mol. The lowest BCUT2D eigenvalue weighted by atomic mass is 10.1. The molecule has 8 nitrogen and oxygen atoms in total. The van der Waals surface area contributed by atoms with Crippen molar-refractivity contribution < 1.29 is 23.5 Å². The molecule has 0 spiro atoms. The van der Waals surface area contributed by atoms with Gasteiger partial charge in [0.05, 0.1) is 13.3 Å². The van der Waals surface area contributed by atoms with E-state index in [2.05, 4.69) is 15.0 Å². The molecule has 140 valence electrons. The molecule has 2 aromatic rings. The lowest BCUT2D eigenvalue weighted by Crippen LogP contribution is -2.35. The zero-order valence-electron chi connectivity index (χ0n) is 14.7. The van der Waals surface area contributed by atoms with Crippen LogP contribution in [0.4, 0.5) is 15.3 Å². The first-order chi connectivity index (χ1) is 12.7. The molecule has 2 amide bonds. The molecule has 2 heterocycles. The number of carbonyl (C=O) groups is 2. The van der Waals surface area contributed by atoms with Gasteiger partial charge < -0.3 is 18.8 Å². The fourth-order valence-electron chi connectivity index (χ4n) is 2.33. The molecule has 0 bridgehead atoms. The molecule has 1 saturated heterocycles. The summed E-state index contributed by atoms with van der Waals surface area (Å²) in [6, 6.07) is 9.06. The van der Waals surface area contributed by atoms with Gasteiger partial charge in [-0.3, -0.25) is 5.32 Å². The number of likely N-dealkylation sites (tertiary alicyclic amines) is 1. The maximum atomic E-state index is 11.3. The van der Waals surface area contributed by atoms with Crippen LogP contribution >= 0.6 is 0 Å². The molecule has 1 aliphatic heterocycles. The van der Waals surface area contributed by atoms with Crippen molar-refractivity contribution in [2.75, 3.05) is 25.5 Å². The smallest absolute Gasteiger partial charge is 0.412 e. The quantitative estimate of drug-likeness (QED) is 0.896. The topological polar surface area (TPSA) is 93.9 Å². The van der Waals surface area contributed by atoms with E-state index in [1.807, 2.05) is 18.2 Å². The molecule has 1 N–H and O–H groups in total. The zero-order chi connectivity index (χ0) is 18.6. The van der Waals surface area contributed by atoms with E-state index in [1.165, 1.54) is 26.1 Å². The minimum atomic E-state index is -0.525. The first kappa shape index (κ1) is 19.3. The number of hydrogen-bond acceptors (Lipinski definition) is 6. The van der Waals surface area contributed by atoms with Gasteiger partial charge in [-0.2, -0.15) is 0 Å². The second kappa shape index (κ2) is 10.8. The van der Waals surface area contributed by atoms with Crippen molar-refractivity contribution in [2.24, 2.45) is 0 Å². The molecular formula is C18H23N3O5. The summed E-state index contributed by atoms with van der Waals surface area (Å²) in [4.78, 5) is 27.6. The summed E-state index contributed by atoms with van der Waals surface area (Å²) in [5.74, 6) is 0.503. The number of para-hydroxylation sites is 1. The number of hydrogen-bond donors (Lipinski definition) is 1. The van der Waals surface area contributed by atoms with Crippen molar-refractivity contribution in [3.05, 3.63) is 48.7 Å². The molecule has 3 rings (SSSR count). The Balaban J connectivity index is 0.000000209. The van der Waals surface area contributed by atoms with Gasteiger partial charge in [-0.1, -0.05) is 18.2 Å². The number of rotatable bonds is 3. The molecular weight excluding hydrogens is 338 g/mol. The van der Waals surface area contributed by atoms with E-state index >= 15 is 0 Å². The van der Waals surface area contributed by atoms with Gasteiger partial charge in [-0.05, 0) is 31.4 Å². The van der Waals surface area contributed by atoms with Gasteiger partial charge in [0.1, 0.15) is 0 Å². The van der Waals surface area contributed by atoms with Crippen LogP contribution < -0.4 is 5.32 Å². The van der Waals surface area contributed by atoms with Crippen molar-refractivity contribution in [1.29, 1.82) is 0 Å². The highest BCUT2D eigenvalue weighted by Crippen LogP contribution is 2.09. The summed E-state index contributed by atoms with van der Waals surface area (Å²) < 4.78 is 14.4. The summed E-state index contributed by atoms with van der Waals surface area (Å²) >= 11 is 0. The Morgan fingerprint density at radius 1 is 1.19 bits per heavy atom. The lowest BCUT2D eigenvalue weighted by Gasteiger charge is -2.24. The van der Waals surface area contributed by atoms with E-state index in [-0.39, 0.29) is 12.7 Å². The Morgan fingerprint density at radius 2 is 1.92 bits per heavy atom. The molecule has 1 aromatic carbocycles. The predicted octanol–water partition coefficient (Wildman–Crippen LogP) is 3.66. The van der Waals surface area contributed by atoms with Crippen LogP contribution in [-0.4, -0.2) is 42.3 Å². The number of methoxy groups -OCH3 is 1. The second-order valence-electron chi connectivity index (χ2n) is 5.55. The molecule has 0 radical (unpaired) electrons. The van der Waals surface area contributed by atoms with Crippen molar-refractivity contribution >= 4 is 17.9 Å². The highest BCUT2D eigenvalue weighted by atomic mass is 16.6. The van der Waals surface area contributed by atoms with Crippen LogP contribution in [0.2, 0.25) is 0 Å². The van der Waals surface area contributed by atoms with Crippen molar-refractivity contribution in [1.82, 2.24) is 9.88 Å². The van der Waals surface area contributed by atoms with Crippen molar-refractivity contribution in [3.8, 4) is 0 Å². The second-order valence-corrected chi connectivity index (χ2v) is 5.55. The maximum Gasteiger partial charge on any atom is 0.412 e. The fourth-order valence-corrected chi connectivity index (χ4v) is 2.33. The van der Waals surface area contributed by atoms with Crippen LogP contribution in [0, 0.1) is 0 Å². The van der Waals surface area contributed by atoms with E-state index in [4.69, 9.17) is 9.15 Å². The maximum absolute atomic E-state index is 11.3. The third-order valence-electron chi connectivity index (χ3n) is 3.64. The largest absolute Gasteiger partial charge is 0.453 e. The van der Waals surface area contributed by atoms with Crippen molar-refractivity contribution in [3.63, 3.8) is 0 Å². The number of aromatic nitrogens is 1. The Hall–Kier alpha value is -3.03. The standard InChI is InChI=1S/C11H10N2O3.C7H13NO2/c14-11(13-9-4-2-1-3-5-9)15-7-10-6-12-8-16-10;1-10-7(9)8-5-3-2-4-6-8/h1-6,8H,7H2,(H,13,14);2-6H2,1H3. The molecule has 8 heteroatoms. The molecule has 26 heavy (non-hydrogen) atoms. The summed E-state index contributed by atoms with van der Waals surface area (Å²) in [5, 5.41) is 2.58. The van der Waals surface area contributed by atoms with Gasteiger partial charge in [0.15, 0.2) is 18.8 Å². The zero-order valence-corrected chi connectivity index (χ0v) is 14.7. The lowest BCUT2D eigenvalue weighted by molar-refractivity contribution is 0.115. The number of oxazole rings is 1. The molecule has 0 saturated carbocycles. The van der Waals surface area contributed by atoms with E-state index in [1.54, 1.807) is 17.0 Å². The number of anilines is 1. The highest BCUT2D eigenvalue weighted by molar-refractivity contribution is 5.84. The third-order valence-corrected chi connectivity index (χ3v) is 3.64. The van der Waals surface area contributed by atoms with Crippen LogP contribution in [0.15, 0.2) is 47.3 Å². The minimum Gasteiger partial charge on any atom is -0.453 e. The molecule has 1 aliphatic rings. The molecule has 0 atom stereocenters. The summed E-state index contributed by atoms with van der Waals surface area (Å²) in [6.45, 7) is 1.80. The van der Waals surface area contributed by atoms with Crippen LogP contribution in [0.25, 0.3) is 0 Å². The normalized spacial score (nSPS) is 13.2. The Morgan fingerprint density at radius 3 is 2.54 bits per heavy atom. The van der Waals surface area contributed by atoms with E-state index in [9.17, 15) is 9.59 Å². The number of piperidine rings is 1. The van der Waals surface area contributed by atoms with Crippen LogP contribution in [-0.2, 0) is 16.1 Å². The van der Waals surface area contributed by atoms with E-state index in [0.717, 1.165) is 25.9 Å². The minimum absolute atomic E-state index is 0.0681. The highest BCUT2D eigenvalue weighted by Gasteiger charge is 2.15. The molecule has 0 unspecified atom stereocenters. The van der Waals surface area contributed by atoms with E-state index in [0.29, 0.717) is 11.4 Å². The van der Waals surface area contributed by atoms with E-state index < -0.39 is 6.09 Å². The third kappa shape index (κ3) is 6.84. The number of ether oxygens (including phenoxy) is 2. The van der Waals surface area contributed by atoms with Gasteiger partial charge in [-0.15, -0.1) is 0 Å². The van der Waals surface area contributed by atoms with Crippen molar-refractivity contribution in [2.45, 2.75) is 25.9 Å². The molecule has 1 fully saturated rings. The Kier molecular flexibility index (Phi) is 7.98. The average molecular weight is 361 g/mol. The van der Waals surface area contributed by atoms with Crippen LogP contribution in [0.5, 0.6) is 0 Å². The first-order valence-corrected chi connectivity index (χ1v) is 8.38. The Labute approximate surface area is 152 Å². The SMILES string of the molecule is COC(=O)N1CCCCC1.O=C(Nc1ccccc1)OCc1cnco1. The number of nitrogens with one attached hydrogen (secondary N) is 1. The number of benzene rings is 1. The van der Waals surface area contributed by atoms with Crippen LogP contribution in [0.1, 0.15) is 25.0 Å². The first-order valence-electron chi connectivity index (χ1n) is 8.38. The number of amides is 2. The molecule has 0 aliphatic carbocycles. The summed E-state index contributed by atoms with van der Waals surface area (Å²) in [7, 11) is 1.43. The number of carbonyl (C=O) groups excluding carboxylic acids is 2. The number of nitrogens with zero attached hydrogens (tertiary/aromatic N) is 2. The van der Waals surface area contributed by atoms with Gasteiger partial charge in [0, 0.05) is 18.8 Å². The van der Waals surface area contributed by atoms with Crippen LogP contribution in [0.3, 0.4) is 0 Å². The van der Waals surface area contributed by atoms with Gasteiger partial charge in [0.25, 0.3) is 0 Å². The monoisotopic (exact) mass is 361 g/mol. The Bertz CT molecular complexity index is 655. The molecule has 1 aromatic heterocycles. The van der Waals surface area contributed by atoms with Gasteiger partial charge >= 0.3 is 12.2 Å². The summed E-state index contributed by atoms with van der Waals surface area (Å²) in [5.41, 5.74) is 0.685. The average Bonchev–Trinajstić information content (AvgIpc) is 3.21.